The summed E-state index contributed by atoms with van der Waals surface area (Å²) >= 11 is 12.2. The molecule has 1 aromatic carbocycles. The average molecular weight is 353 g/mol. The van der Waals surface area contributed by atoms with Gasteiger partial charge in [0.25, 0.3) is 0 Å². The van der Waals surface area contributed by atoms with Crippen LogP contribution in [0.4, 0.5) is 0 Å². The van der Waals surface area contributed by atoms with Gasteiger partial charge < -0.3 is 5.32 Å². The molecule has 0 aliphatic rings. The maximum Gasteiger partial charge on any atom is 0.242 e. The summed E-state index contributed by atoms with van der Waals surface area (Å²) in [5, 5.41) is 3.52. The summed E-state index contributed by atoms with van der Waals surface area (Å²) < 4.78 is 27.8. The van der Waals surface area contributed by atoms with Gasteiger partial charge in [0.2, 0.25) is 10.0 Å². The Hall–Kier alpha value is -0.330. The van der Waals surface area contributed by atoms with Gasteiger partial charge in [0, 0.05) is 17.6 Å². The molecule has 0 aromatic heterocycles. The third-order valence-corrected chi connectivity index (χ3v) is 5.51. The largest absolute Gasteiger partial charge is 0.316 e. The van der Waals surface area contributed by atoms with Gasteiger partial charge in [0.05, 0.1) is 5.02 Å². The molecule has 0 spiro atoms. The smallest absolute Gasteiger partial charge is 0.242 e. The Morgan fingerprint density at radius 3 is 2.43 bits per heavy atom. The van der Waals surface area contributed by atoms with Gasteiger partial charge in [0.1, 0.15) is 4.90 Å². The van der Waals surface area contributed by atoms with E-state index in [1.807, 2.05) is 13.8 Å². The zero-order valence-electron chi connectivity index (χ0n) is 12.5. The van der Waals surface area contributed by atoms with Crippen molar-refractivity contribution in [1.82, 2.24) is 10.0 Å². The van der Waals surface area contributed by atoms with Gasteiger partial charge in [-0.15, -0.1) is 0 Å². The van der Waals surface area contributed by atoms with Gasteiger partial charge in [-0.3, -0.25) is 0 Å². The molecule has 0 heterocycles. The van der Waals surface area contributed by atoms with Crippen LogP contribution in [0, 0.1) is 0 Å². The number of hydrogen-bond donors (Lipinski definition) is 2. The molecule has 0 fully saturated rings. The van der Waals surface area contributed by atoms with Gasteiger partial charge >= 0.3 is 0 Å². The van der Waals surface area contributed by atoms with E-state index in [2.05, 4.69) is 10.0 Å². The molecule has 0 radical (unpaired) electrons. The Morgan fingerprint density at radius 1 is 1.24 bits per heavy atom. The zero-order chi connectivity index (χ0) is 16.0. The Bertz CT molecular complexity index is 577. The summed E-state index contributed by atoms with van der Waals surface area (Å²) in [4.78, 5) is 0.0384. The third kappa shape index (κ3) is 5.11. The fourth-order valence-electron chi connectivity index (χ4n) is 2.11. The van der Waals surface area contributed by atoms with Crippen LogP contribution in [0.25, 0.3) is 0 Å². The first-order chi connectivity index (χ1) is 9.85. The van der Waals surface area contributed by atoms with Crippen molar-refractivity contribution >= 4 is 33.2 Å². The van der Waals surface area contributed by atoms with E-state index >= 15 is 0 Å². The minimum absolute atomic E-state index is 0.0384. The van der Waals surface area contributed by atoms with E-state index in [-0.39, 0.29) is 16.0 Å². The number of benzene rings is 1. The molecule has 0 aliphatic heterocycles. The van der Waals surface area contributed by atoms with Crippen LogP contribution in [-0.4, -0.2) is 21.5 Å². The van der Waals surface area contributed by atoms with E-state index in [0.717, 1.165) is 19.3 Å². The Balaban J connectivity index is 3.18. The van der Waals surface area contributed by atoms with Crippen molar-refractivity contribution in [2.45, 2.75) is 50.6 Å². The second kappa shape index (κ2) is 8.34. The highest BCUT2D eigenvalue weighted by atomic mass is 35.5. The number of halogens is 2. The Labute approximate surface area is 137 Å². The average Bonchev–Trinajstić information content (AvgIpc) is 2.41. The van der Waals surface area contributed by atoms with Crippen LogP contribution in [0.15, 0.2) is 17.0 Å². The SMILES string of the molecule is CCCC(CC)NS(=O)(=O)c1cc(Cl)cc(CNC)c1Cl. The highest BCUT2D eigenvalue weighted by Crippen LogP contribution is 2.29. The van der Waals surface area contributed by atoms with Crippen molar-refractivity contribution in [2.75, 3.05) is 7.05 Å². The number of rotatable bonds is 8. The molecule has 0 amide bonds. The first-order valence-electron chi connectivity index (χ1n) is 7.00. The lowest BCUT2D eigenvalue weighted by Gasteiger charge is -2.18. The molecular weight excluding hydrogens is 331 g/mol. The fourth-order valence-corrected chi connectivity index (χ4v) is 4.40. The Morgan fingerprint density at radius 2 is 1.90 bits per heavy atom. The van der Waals surface area contributed by atoms with Crippen LogP contribution in [0.1, 0.15) is 38.7 Å². The minimum atomic E-state index is -3.68. The topological polar surface area (TPSA) is 58.2 Å². The van der Waals surface area contributed by atoms with Gasteiger partial charge in [-0.1, -0.05) is 43.5 Å². The molecule has 7 heteroatoms. The van der Waals surface area contributed by atoms with E-state index in [0.29, 0.717) is 17.1 Å². The van der Waals surface area contributed by atoms with Gasteiger partial charge in [-0.25, -0.2) is 13.1 Å². The molecular formula is C14H22Cl2N2O2S. The van der Waals surface area contributed by atoms with Crippen LogP contribution in [0.5, 0.6) is 0 Å². The molecule has 1 atom stereocenters. The minimum Gasteiger partial charge on any atom is -0.316 e. The maximum absolute atomic E-state index is 12.5. The maximum atomic E-state index is 12.5. The van der Waals surface area contributed by atoms with Crippen molar-refractivity contribution in [3.63, 3.8) is 0 Å². The molecule has 0 bridgehead atoms. The van der Waals surface area contributed by atoms with Crippen molar-refractivity contribution in [3.8, 4) is 0 Å². The lowest BCUT2D eigenvalue weighted by Crippen LogP contribution is -2.34. The summed E-state index contributed by atoms with van der Waals surface area (Å²) in [5.41, 5.74) is 0.663. The monoisotopic (exact) mass is 352 g/mol. The first kappa shape index (κ1) is 18.7. The van der Waals surface area contributed by atoms with Crippen LogP contribution < -0.4 is 10.0 Å². The Kier molecular flexibility index (Phi) is 7.44. The molecule has 4 nitrogen and oxygen atoms in total. The van der Waals surface area contributed by atoms with E-state index in [1.165, 1.54) is 6.07 Å². The molecule has 1 unspecified atom stereocenters. The van der Waals surface area contributed by atoms with Crippen molar-refractivity contribution in [2.24, 2.45) is 0 Å². The lowest BCUT2D eigenvalue weighted by molar-refractivity contribution is 0.512. The van der Waals surface area contributed by atoms with E-state index in [9.17, 15) is 8.42 Å². The van der Waals surface area contributed by atoms with Crippen LogP contribution in [0.3, 0.4) is 0 Å². The van der Waals surface area contributed by atoms with Crippen LogP contribution in [0.2, 0.25) is 10.0 Å². The molecule has 1 aromatic rings. The molecule has 0 saturated heterocycles. The van der Waals surface area contributed by atoms with Gasteiger partial charge in [-0.05, 0) is 37.6 Å². The van der Waals surface area contributed by atoms with E-state index in [4.69, 9.17) is 23.2 Å². The normalized spacial score (nSPS) is 13.4. The molecule has 0 saturated carbocycles. The zero-order valence-corrected chi connectivity index (χ0v) is 14.9. The van der Waals surface area contributed by atoms with Gasteiger partial charge in [-0.2, -0.15) is 0 Å². The molecule has 21 heavy (non-hydrogen) atoms. The number of hydrogen-bond acceptors (Lipinski definition) is 3. The molecule has 2 N–H and O–H groups in total. The molecule has 0 aliphatic carbocycles. The summed E-state index contributed by atoms with van der Waals surface area (Å²) in [7, 11) is -1.92. The molecule has 120 valence electrons. The van der Waals surface area contributed by atoms with Crippen LogP contribution >= 0.6 is 23.2 Å². The predicted molar refractivity (Wildman–Crippen MR) is 88.5 cm³/mol. The van der Waals surface area contributed by atoms with E-state index in [1.54, 1.807) is 13.1 Å². The van der Waals surface area contributed by atoms with Gasteiger partial charge in [0.15, 0.2) is 0 Å². The summed E-state index contributed by atoms with van der Waals surface area (Å²) in [6, 6.07) is 2.97. The summed E-state index contributed by atoms with van der Waals surface area (Å²) in [5.74, 6) is 0. The third-order valence-electron chi connectivity index (χ3n) is 3.19. The highest BCUT2D eigenvalue weighted by molar-refractivity contribution is 7.89. The van der Waals surface area contributed by atoms with Crippen molar-refractivity contribution < 1.29 is 8.42 Å². The first-order valence-corrected chi connectivity index (χ1v) is 9.24. The summed E-state index contributed by atoms with van der Waals surface area (Å²) in [6.45, 7) is 4.43. The number of nitrogens with one attached hydrogen (secondary N) is 2. The standard InChI is InChI=1S/C14H22Cl2N2O2S/c1-4-6-12(5-2)18-21(19,20)13-8-11(15)7-10(9-17-3)14(13)16/h7-8,12,17-18H,4-6,9H2,1-3H3. The second-order valence-corrected chi connectivity index (χ2v) is 7.42. The van der Waals surface area contributed by atoms with E-state index < -0.39 is 10.0 Å². The van der Waals surface area contributed by atoms with Crippen molar-refractivity contribution in [3.05, 3.63) is 27.7 Å². The quantitative estimate of drug-likeness (QED) is 0.751. The predicted octanol–water partition coefficient (Wildman–Crippen LogP) is 3.57. The fraction of sp³-hybridized carbons (Fsp3) is 0.571. The number of sulfonamides is 1. The van der Waals surface area contributed by atoms with Crippen molar-refractivity contribution in [1.29, 1.82) is 0 Å². The lowest BCUT2D eigenvalue weighted by atomic mass is 10.1. The second-order valence-electron chi connectivity index (χ2n) is 4.92. The highest BCUT2D eigenvalue weighted by Gasteiger charge is 2.23. The molecule has 1 rings (SSSR count). The van der Waals surface area contributed by atoms with Crippen LogP contribution in [-0.2, 0) is 16.6 Å². The summed E-state index contributed by atoms with van der Waals surface area (Å²) in [6.07, 6.45) is 2.43.